The monoisotopic (exact) mass is 283 g/mol. The molecule has 0 saturated carbocycles. The van der Waals surface area contributed by atoms with Crippen molar-refractivity contribution in [3.8, 4) is 0 Å². The van der Waals surface area contributed by atoms with Crippen molar-refractivity contribution in [3.63, 3.8) is 0 Å². The van der Waals surface area contributed by atoms with Gasteiger partial charge in [-0.2, -0.15) is 0 Å². The minimum atomic E-state index is -0.618. The fraction of sp³-hybridized carbons (Fsp3) is 0.526. The Morgan fingerprint density at radius 2 is 2.14 bits per heavy atom. The minimum absolute atomic E-state index is 0.0597. The van der Waals surface area contributed by atoms with Crippen LogP contribution < -0.4 is 5.73 Å². The average molecular weight is 283 g/mol. The first-order valence-corrected chi connectivity index (χ1v) is 7.89. The van der Waals surface area contributed by atoms with Crippen molar-refractivity contribution in [2.45, 2.75) is 47.0 Å². The van der Waals surface area contributed by atoms with Gasteiger partial charge in [0.2, 0.25) is 5.91 Å². The topological polar surface area (TPSA) is 43.1 Å². The fourth-order valence-corrected chi connectivity index (χ4v) is 4.99. The van der Waals surface area contributed by atoms with Crippen molar-refractivity contribution >= 4 is 5.91 Å². The van der Waals surface area contributed by atoms with Gasteiger partial charge < -0.3 is 5.73 Å². The van der Waals surface area contributed by atoms with Gasteiger partial charge in [-0.1, -0.05) is 49.3 Å². The molecule has 0 saturated heterocycles. The van der Waals surface area contributed by atoms with Gasteiger partial charge in [-0.25, -0.2) is 0 Å². The maximum atomic E-state index is 12.6. The fourth-order valence-electron chi connectivity index (χ4n) is 4.99. The van der Waals surface area contributed by atoms with E-state index in [9.17, 15) is 4.79 Å². The van der Waals surface area contributed by atoms with Gasteiger partial charge in [0.1, 0.15) is 0 Å². The van der Waals surface area contributed by atoms with Gasteiger partial charge in [-0.15, -0.1) is 0 Å². The molecule has 21 heavy (non-hydrogen) atoms. The number of nitrogens with two attached hydrogens (primary N) is 1. The first-order valence-electron chi connectivity index (χ1n) is 7.89. The predicted octanol–water partition coefficient (Wildman–Crippen LogP) is 4.06. The Kier molecular flexibility index (Phi) is 3.05. The Morgan fingerprint density at radius 1 is 1.43 bits per heavy atom. The number of carbonyl (C=O) groups is 1. The summed E-state index contributed by atoms with van der Waals surface area (Å²) in [5, 5.41) is 0. The molecule has 2 heteroatoms. The smallest absolute Gasteiger partial charge is 0.232 e. The van der Waals surface area contributed by atoms with Crippen molar-refractivity contribution < 1.29 is 4.79 Å². The number of allylic oxidation sites excluding steroid dienone is 6. The molecular formula is C19H25NO. The molecule has 0 aliphatic heterocycles. The minimum Gasteiger partial charge on any atom is -0.369 e. The van der Waals surface area contributed by atoms with E-state index in [4.69, 9.17) is 5.73 Å². The lowest BCUT2D eigenvalue weighted by Gasteiger charge is -2.52. The quantitative estimate of drug-likeness (QED) is 0.725. The maximum absolute atomic E-state index is 12.6. The van der Waals surface area contributed by atoms with E-state index in [-0.39, 0.29) is 11.3 Å². The lowest BCUT2D eigenvalue weighted by molar-refractivity contribution is -0.125. The van der Waals surface area contributed by atoms with Crippen molar-refractivity contribution in [3.05, 3.63) is 46.6 Å². The van der Waals surface area contributed by atoms with Crippen LogP contribution in [-0.4, -0.2) is 5.91 Å². The molecular weight excluding hydrogens is 258 g/mol. The highest BCUT2D eigenvalue weighted by Gasteiger charge is 2.55. The van der Waals surface area contributed by atoms with Crippen LogP contribution in [0.5, 0.6) is 0 Å². The summed E-state index contributed by atoms with van der Waals surface area (Å²) in [6, 6.07) is 0. The number of amides is 1. The van der Waals surface area contributed by atoms with Crippen LogP contribution in [0.25, 0.3) is 0 Å². The second-order valence-electron chi connectivity index (χ2n) is 7.29. The molecule has 112 valence electrons. The Morgan fingerprint density at radius 3 is 2.76 bits per heavy atom. The van der Waals surface area contributed by atoms with Crippen LogP contribution in [0.1, 0.15) is 47.0 Å². The molecule has 2 nitrogen and oxygen atoms in total. The van der Waals surface area contributed by atoms with Gasteiger partial charge in [-0.3, -0.25) is 4.79 Å². The van der Waals surface area contributed by atoms with E-state index in [0.717, 1.165) is 19.3 Å². The van der Waals surface area contributed by atoms with Gasteiger partial charge in [0.05, 0.1) is 5.41 Å². The molecule has 0 spiro atoms. The lowest BCUT2D eigenvalue weighted by Crippen LogP contribution is -2.50. The summed E-state index contributed by atoms with van der Waals surface area (Å²) >= 11 is 0. The Bertz CT molecular complexity index is 634. The normalized spacial score (nSPS) is 40.1. The van der Waals surface area contributed by atoms with Crippen LogP contribution in [0.15, 0.2) is 46.6 Å². The molecule has 3 atom stereocenters. The molecule has 0 radical (unpaired) electrons. The van der Waals surface area contributed by atoms with Crippen LogP contribution in [0.2, 0.25) is 0 Å². The highest BCUT2D eigenvalue weighted by atomic mass is 16.1. The van der Waals surface area contributed by atoms with E-state index < -0.39 is 5.41 Å². The van der Waals surface area contributed by atoms with Crippen LogP contribution in [0.3, 0.4) is 0 Å². The molecule has 0 aromatic rings. The van der Waals surface area contributed by atoms with Crippen molar-refractivity contribution in [1.82, 2.24) is 0 Å². The van der Waals surface area contributed by atoms with Gasteiger partial charge in [0, 0.05) is 5.41 Å². The van der Waals surface area contributed by atoms with E-state index in [1.54, 1.807) is 0 Å². The summed E-state index contributed by atoms with van der Waals surface area (Å²) < 4.78 is 0. The van der Waals surface area contributed by atoms with Crippen molar-refractivity contribution in [2.75, 3.05) is 0 Å². The third kappa shape index (κ3) is 1.81. The molecule has 2 N–H and O–H groups in total. The Hall–Kier alpha value is -1.57. The number of hydrogen-bond acceptors (Lipinski definition) is 1. The summed E-state index contributed by atoms with van der Waals surface area (Å²) in [4.78, 5) is 12.6. The molecule has 2 bridgehead atoms. The van der Waals surface area contributed by atoms with Crippen molar-refractivity contribution in [1.29, 1.82) is 0 Å². The standard InChI is InChI=1S/C19H25NO/c1-5-16-18(4)9-13(3)10-19(16,17(20)21)15-7-6-12(2)8-14(15)11-18/h5-7,9,12H,8,10-11H2,1-4H3,(H2,20,21)/b16-5+/t12?,18-,19-/m0/s1. The molecule has 3 aliphatic carbocycles. The highest BCUT2D eigenvalue weighted by molar-refractivity contribution is 5.91. The molecule has 3 aliphatic rings. The van der Waals surface area contributed by atoms with E-state index in [1.807, 2.05) is 6.92 Å². The summed E-state index contributed by atoms with van der Waals surface area (Å²) in [5.74, 6) is 0.357. The Labute approximate surface area is 127 Å². The van der Waals surface area contributed by atoms with Gasteiger partial charge in [0.25, 0.3) is 0 Å². The predicted molar refractivity (Wildman–Crippen MR) is 86.4 cm³/mol. The Balaban J connectivity index is 2.31. The summed E-state index contributed by atoms with van der Waals surface area (Å²) in [7, 11) is 0. The van der Waals surface area contributed by atoms with Crippen LogP contribution >= 0.6 is 0 Å². The number of carbonyl (C=O) groups excluding carboxylic acids is 1. The molecule has 1 amide bonds. The zero-order chi connectivity index (χ0) is 15.4. The number of fused-ring (bicyclic) bond motifs is 3. The van der Waals surface area contributed by atoms with E-state index in [2.05, 4.69) is 45.1 Å². The number of rotatable bonds is 1. The number of primary amides is 1. The molecule has 0 heterocycles. The zero-order valence-electron chi connectivity index (χ0n) is 13.5. The molecule has 0 aromatic carbocycles. The van der Waals surface area contributed by atoms with Crippen LogP contribution in [0.4, 0.5) is 0 Å². The van der Waals surface area contributed by atoms with Crippen molar-refractivity contribution in [2.24, 2.45) is 22.5 Å². The second kappa shape index (κ2) is 4.46. The second-order valence-corrected chi connectivity index (χ2v) is 7.29. The lowest BCUT2D eigenvalue weighted by atomic mass is 9.50. The summed E-state index contributed by atoms with van der Waals surface area (Å²) in [5.41, 5.74) is 10.4. The molecule has 0 aromatic heterocycles. The molecule has 0 fully saturated rings. The van der Waals surface area contributed by atoms with Crippen LogP contribution in [-0.2, 0) is 4.79 Å². The largest absolute Gasteiger partial charge is 0.369 e. The van der Waals surface area contributed by atoms with E-state index in [1.165, 1.54) is 22.3 Å². The zero-order valence-corrected chi connectivity index (χ0v) is 13.5. The van der Waals surface area contributed by atoms with Gasteiger partial charge in [-0.05, 0) is 50.2 Å². The SMILES string of the molecule is C/C=C1/[C@]2(C(N)=O)CC(C)=C[C@@]1(C)CC1=C2C=CC(C)C1. The first-order chi connectivity index (χ1) is 9.83. The summed E-state index contributed by atoms with van der Waals surface area (Å²) in [6.45, 7) is 8.67. The summed E-state index contributed by atoms with van der Waals surface area (Å²) in [6.07, 6.45) is 11.7. The molecule has 3 rings (SSSR count). The third-order valence-corrected chi connectivity index (χ3v) is 5.47. The van der Waals surface area contributed by atoms with Crippen LogP contribution in [0, 0.1) is 16.7 Å². The van der Waals surface area contributed by atoms with E-state index >= 15 is 0 Å². The molecule has 1 unspecified atom stereocenters. The average Bonchev–Trinajstić information content (AvgIpc) is 2.36. The van der Waals surface area contributed by atoms with E-state index in [0.29, 0.717) is 5.92 Å². The number of hydrogen-bond donors (Lipinski definition) is 1. The maximum Gasteiger partial charge on any atom is 0.232 e. The van der Waals surface area contributed by atoms with Gasteiger partial charge in [0.15, 0.2) is 0 Å². The third-order valence-electron chi connectivity index (χ3n) is 5.47. The van der Waals surface area contributed by atoms with Gasteiger partial charge >= 0.3 is 0 Å². The highest BCUT2D eigenvalue weighted by Crippen LogP contribution is 2.61. The first kappa shape index (κ1) is 14.4.